The molecule has 0 saturated heterocycles. The summed E-state index contributed by atoms with van der Waals surface area (Å²) in [5.74, 6) is 0.260. The maximum Gasteiger partial charge on any atom is 0.343 e. The fraction of sp³-hybridized carbons (Fsp3) is 0.0909. The Morgan fingerprint density at radius 3 is 1.62 bits per heavy atom. The van der Waals surface area contributed by atoms with E-state index in [1.54, 1.807) is 0 Å². The molecule has 7 heteroatoms. The van der Waals surface area contributed by atoms with Crippen molar-refractivity contribution >= 4 is 36.1 Å². The predicted octanol–water partition coefficient (Wildman–Crippen LogP) is 4.57. The summed E-state index contributed by atoms with van der Waals surface area (Å²) in [5.41, 5.74) is 0. The van der Waals surface area contributed by atoms with Crippen LogP contribution in [0.25, 0.3) is 0 Å². The Bertz CT molecular complexity index is 793. The van der Waals surface area contributed by atoms with Gasteiger partial charge < -0.3 is 14.3 Å². The number of benzene rings is 3. The van der Waals surface area contributed by atoms with Crippen LogP contribution in [0.3, 0.4) is 0 Å². The number of carbonyl (C=O) groups is 2. The van der Waals surface area contributed by atoms with Crippen LogP contribution in [0.5, 0.6) is 5.75 Å². The molecule has 0 aromatic heterocycles. The van der Waals surface area contributed by atoms with Crippen molar-refractivity contribution in [1.29, 1.82) is 0 Å². The molecule has 0 atom stereocenters. The Labute approximate surface area is 194 Å². The molecule has 0 aliphatic carbocycles. The third kappa shape index (κ3) is 8.06. The molecule has 0 unspecified atom stereocenters. The van der Waals surface area contributed by atoms with E-state index in [1.165, 1.54) is 21.8 Å². The Morgan fingerprint density at radius 2 is 1.21 bits per heavy atom. The van der Waals surface area contributed by atoms with Crippen LogP contribution in [0, 0.1) is 0 Å². The maximum atomic E-state index is 11.2. The van der Waals surface area contributed by atoms with Gasteiger partial charge in [0.15, 0.2) is 21.3 Å². The van der Waals surface area contributed by atoms with E-state index in [0.29, 0.717) is 5.75 Å². The van der Waals surface area contributed by atoms with Gasteiger partial charge in [0, 0.05) is 21.1 Å². The molecule has 0 radical (unpaired) electrons. The summed E-state index contributed by atoms with van der Waals surface area (Å²) in [6.45, 7) is 1.92. The quantitative estimate of drug-likeness (QED) is 0.307. The van der Waals surface area contributed by atoms with E-state index in [2.05, 4.69) is 65.4 Å². The van der Waals surface area contributed by atoms with Crippen LogP contribution in [0.1, 0.15) is 0 Å². The molecular formula is C22H22ClO4SW+. The number of carbonyl (C=O) groups excluding carboxylic acids is 2. The molecule has 0 fully saturated rings. The van der Waals surface area contributed by atoms with Gasteiger partial charge >= 0.3 is 5.97 Å². The van der Waals surface area contributed by atoms with Crippen LogP contribution in [-0.2, 0) is 46.3 Å². The van der Waals surface area contributed by atoms with E-state index < -0.39 is 5.97 Å². The molecule has 152 valence electrons. The second-order valence-electron chi connectivity index (χ2n) is 5.27. The first-order valence-electron chi connectivity index (χ1n) is 8.21. The zero-order chi connectivity index (χ0) is 19.5. The minimum Gasteiger partial charge on any atom is -0.482 e. The van der Waals surface area contributed by atoms with Crippen molar-refractivity contribution in [3.8, 4) is 5.75 Å². The molecule has 0 amide bonds. The van der Waals surface area contributed by atoms with Gasteiger partial charge in [-0.25, -0.2) is 4.79 Å². The second kappa shape index (κ2) is 14.9. The summed E-state index contributed by atoms with van der Waals surface area (Å²) >= 11 is 0. The van der Waals surface area contributed by atoms with E-state index in [1.807, 2.05) is 31.1 Å². The van der Waals surface area contributed by atoms with Gasteiger partial charge in [0.1, 0.15) is 12.5 Å². The zero-order valence-corrected chi connectivity index (χ0v) is 20.4. The number of halogens is 1. The molecule has 3 rings (SSSR count). The van der Waals surface area contributed by atoms with Crippen LogP contribution >= 0.6 is 12.4 Å². The van der Waals surface area contributed by atoms with Gasteiger partial charge in [-0.15, -0.1) is 12.4 Å². The Hall–Kier alpha value is -2.07. The van der Waals surface area contributed by atoms with Crippen molar-refractivity contribution in [3.05, 3.63) is 84.9 Å². The van der Waals surface area contributed by atoms with Crippen molar-refractivity contribution in [2.24, 2.45) is 0 Å². The zero-order valence-electron chi connectivity index (χ0n) is 15.9. The topological polar surface area (TPSA) is 52.6 Å². The van der Waals surface area contributed by atoms with Crippen molar-refractivity contribution < 1.29 is 40.1 Å². The van der Waals surface area contributed by atoms with Crippen LogP contribution in [0.4, 0.5) is 0 Å². The molecule has 0 bridgehead atoms. The number of ether oxygens (including phenoxy) is 2. The Balaban J connectivity index is 0.00000190. The molecule has 3 aromatic rings. The number of rotatable bonds is 6. The van der Waals surface area contributed by atoms with E-state index in [4.69, 9.17) is 9.53 Å². The summed E-state index contributed by atoms with van der Waals surface area (Å²) in [6.07, 6.45) is 0. The van der Waals surface area contributed by atoms with Gasteiger partial charge in [0.05, 0.1) is 18.0 Å². The molecule has 0 saturated carbocycles. The summed E-state index contributed by atoms with van der Waals surface area (Å²) in [5, 5.41) is 0. The second-order valence-corrected chi connectivity index (χ2v) is 7.30. The summed E-state index contributed by atoms with van der Waals surface area (Å²) < 4.78 is 10.0. The van der Waals surface area contributed by atoms with Crippen molar-refractivity contribution in [1.82, 2.24) is 0 Å². The number of hydrogen-bond acceptors (Lipinski definition) is 4. The fourth-order valence-corrected chi connectivity index (χ4v) is 4.48. The summed E-state index contributed by atoms with van der Waals surface area (Å²) in [6, 6.07) is 28.8. The Kier molecular flexibility index (Phi) is 13.8. The van der Waals surface area contributed by atoms with Gasteiger partial charge in [-0.1, -0.05) is 36.4 Å². The van der Waals surface area contributed by atoms with E-state index in [9.17, 15) is 4.79 Å². The largest absolute Gasteiger partial charge is 0.482 e. The minimum atomic E-state index is -0.391. The first-order chi connectivity index (χ1) is 13.3. The molecule has 4 nitrogen and oxygen atoms in total. The third-order valence-electron chi connectivity index (χ3n) is 3.60. The molecular weight excluding hydrogens is 580 g/mol. The molecule has 0 heterocycles. The smallest absolute Gasteiger partial charge is 0.343 e. The predicted molar refractivity (Wildman–Crippen MR) is 113 cm³/mol. The Morgan fingerprint density at radius 1 is 0.793 bits per heavy atom. The van der Waals surface area contributed by atoms with E-state index in [0.717, 1.165) is 0 Å². The minimum absolute atomic E-state index is 0. The third-order valence-corrected chi connectivity index (χ3v) is 5.83. The van der Waals surface area contributed by atoms with Crippen LogP contribution in [-0.4, -0.2) is 26.5 Å². The molecule has 0 spiro atoms. The van der Waals surface area contributed by atoms with Crippen LogP contribution < -0.4 is 4.74 Å². The van der Waals surface area contributed by atoms with Crippen molar-refractivity contribution in [2.75, 3.05) is 13.7 Å². The standard InChI is InChI=1S/C21H19O3S.CH2O.ClH.W/c1-23-21(22)16-24-17-12-14-20(15-13-17)25(18-8-4-2-5-9-18)19-10-6-3-7-11-19;1-2;;/h2-15H,16H2,1H3;1H2;1H;/q+1;;;. The van der Waals surface area contributed by atoms with Gasteiger partial charge in [0.25, 0.3) is 0 Å². The molecule has 0 aliphatic heterocycles. The fourth-order valence-electron chi connectivity index (χ4n) is 2.39. The van der Waals surface area contributed by atoms with Crippen molar-refractivity contribution in [2.45, 2.75) is 14.7 Å². The average molecular weight is 602 g/mol. The van der Waals surface area contributed by atoms with Gasteiger partial charge in [-0.3, -0.25) is 0 Å². The summed E-state index contributed by atoms with van der Waals surface area (Å²) in [4.78, 5) is 22.9. The first kappa shape index (κ1) is 26.9. The van der Waals surface area contributed by atoms with Crippen LogP contribution in [0.2, 0.25) is 0 Å². The number of methoxy groups -OCH3 is 1. The normalized spacial score (nSPS) is 9.17. The molecule has 3 aromatic carbocycles. The summed E-state index contributed by atoms with van der Waals surface area (Å²) in [7, 11) is 1.16. The molecule has 0 N–H and O–H groups in total. The molecule has 29 heavy (non-hydrogen) atoms. The maximum absolute atomic E-state index is 11.2. The number of esters is 1. The first-order valence-corrected chi connectivity index (χ1v) is 9.43. The van der Waals surface area contributed by atoms with E-state index in [-0.39, 0.29) is 51.0 Å². The monoisotopic (exact) mass is 601 g/mol. The van der Waals surface area contributed by atoms with Gasteiger partial charge in [-0.2, -0.15) is 0 Å². The van der Waals surface area contributed by atoms with Crippen LogP contribution in [0.15, 0.2) is 99.6 Å². The van der Waals surface area contributed by atoms with Gasteiger partial charge in [-0.05, 0) is 48.5 Å². The number of hydrogen-bond donors (Lipinski definition) is 0. The van der Waals surface area contributed by atoms with Gasteiger partial charge in [0.2, 0.25) is 0 Å². The van der Waals surface area contributed by atoms with E-state index >= 15 is 0 Å². The molecule has 0 aliphatic rings. The van der Waals surface area contributed by atoms with Crippen molar-refractivity contribution in [3.63, 3.8) is 0 Å². The SMILES string of the molecule is C=O.COC(=O)COc1ccc([S+](c2ccccc2)c2ccccc2)cc1.Cl.[W]. The average Bonchev–Trinajstić information content (AvgIpc) is 2.76.